The molecule has 0 saturated carbocycles. The van der Waals surface area contributed by atoms with Gasteiger partial charge in [0.15, 0.2) is 0 Å². The van der Waals surface area contributed by atoms with Crippen LogP contribution in [-0.4, -0.2) is 44.1 Å². The molecule has 32 heavy (non-hydrogen) atoms. The highest BCUT2D eigenvalue weighted by Gasteiger charge is 2.25. The summed E-state index contributed by atoms with van der Waals surface area (Å²) in [4.78, 5) is 16.5. The van der Waals surface area contributed by atoms with Gasteiger partial charge in [-0.05, 0) is 50.2 Å². The number of morpholine rings is 1. The fraction of sp³-hybridized carbons (Fsp3) is 0.320. The zero-order valence-corrected chi connectivity index (χ0v) is 18.5. The third-order valence-electron chi connectivity index (χ3n) is 5.72. The predicted molar refractivity (Wildman–Crippen MR) is 126 cm³/mol. The van der Waals surface area contributed by atoms with Gasteiger partial charge in [0.2, 0.25) is 0 Å². The van der Waals surface area contributed by atoms with Gasteiger partial charge in [0.25, 0.3) is 0 Å². The Morgan fingerprint density at radius 2 is 1.84 bits per heavy atom. The van der Waals surface area contributed by atoms with E-state index >= 15 is 0 Å². The van der Waals surface area contributed by atoms with Crippen molar-refractivity contribution >= 4 is 22.7 Å². The summed E-state index contributed by atoms with van der Waals surface area (Å²) in [6, 6.07) is 20.5. The Hall–Kier alpha value is -3.29. The Kier molecular flexibility index (Phi) is 5.83. The van der Waals surface area contributed by atoms with Crippen molar-refractivity contribution in [2.45, 2.75) is 32.5 Å². The number of nitrogens with one attached hydrogen (secondary N) is 1. The summed E-state index contributed by atoms with van der Waals surface area (Å²) in [6.45, 7) is 7.54. The first-order chi connectivity index (χ1) is 15.7. The van der Waals surface area contributed by atoms with E-state index in [0.29, 0.717) is 12.6 Å². The largest absolute Gasteiger partial charge is 0.369 e. The van der Waals surface area contributed by atoms with Crippen LogP contribution < -0.4 is 5.32 Å². The Labute approximate surface area is 188 Å². The second kappa shape index (κ2) is 9.06. The lowest BCUT2D eigenvalue weighted by Gasteiger charge is -2.32. The van der Waals surface area contributed by atoms with Crippen LogP contribution >= 0.6 is 0 Å². The molecule has 4 aromatic rings. The van der Waals surface area contributed by atoms with Gasteiger partial charge >= 0.3 is 0 Å². The first-order valence-corrected chi connectivity index (χ1v) is 11.1. The summed E-state index contributed by atoms with van der Waals surface area (Å²) in [6.07, 6.45) is 1.69. The van der Waals surface area contributed by atoms with E-state index in [1.54, 1.807) is 6.20 Å². The highest BCUT2D eigenvalue weighted by molar-refractivity contribution is 5.76. The Morgan fingerprint density at radius 3 is 2.69 bits per heavy atom. The summed E-state index contributed by atoms with van der Waals surface area (Å²) in [5.41, 5.74) is 3.17. The molecular weight excluding hydrogens is 400 g/mol. The number of hydrogen-bond donors (Lipinski definition) is 1. The van der Waals surface area contributed by atoms with Crippen molar-refractivity contribution < 1.29 is 4.74 Å². The van der Waals surface area contributed by atoms with Gasteiger partial charge < -0.3 is 14.6 Å². The number of ether oxygens (including phenoxy) is 1. The van der Waals surface area contributed by atoms with Gasteiger partial charge in [0, 0.05) is 25.3 Å². The van der Waals surface area contributed by atoms with Crippen molar-refractivity contribution in [1.82, 2.24) is 24.4 Å². The fourth-order valence-corrected chi connectivity index (χ4v) is 4.28. The topological polar surface area (TPSA) is 68.1 Å². The number of anilines is 2. The third kappa shape index (κ3) is 4.35. The maximum absolute atomic E-state index is 6.10. The first kappa shape index (κ1) is 20.6. The van der Waals surface area contributed by atoms with E-state index in [2.05, 4.69) is 51.8 Å². The van der Waals surface area contributed by atoms with Crippen LogP contribution in [0.25, 0.3) is 11.0 Å². The van der Waals surface area contributed by atoms with Crippen molar-refractivity contribution in [2.75, 3.05) is 25.0 Å². The van der Waals surface area contributed by atoms with Gasteiger partial charge in [0.1, 0.15) is 23.6 Å². The number of benzene rings is 1. The number of para-hydroxylation sites is 2. The molecule has 0 bridgehead atoms. The molecule has 0 amide bonds. The van der Waals surface area contributed by atoms with Crippen molar-refractivity contribution in [3.8, 4) is 0 Å². The monoisotopic (exact) mass is 428 g/mol. The summed E-state index contributed by atoms with van der Waals surface area (Å²) in [5.74, 6) is 2.64. The summed E-state index contributed by atoms with van der Waals surface area (Å²) < 4.78 is 8.44. The molecule has 5 rings (SSSR count). The molecule has 1 N–H and O–H groups in total. The molecule has 7 nitrogen and oxygen atoms in total. The highest BCUT2D eigenvalue weighted by Crippen LogP contribution is 2.26. The molecule has 1 aliphatic heterocycles. The van der Waals surface area contributed by atoms with E-state index in [1.807, 2.05) is 42.5 Å². The number of rotatable bonds is 6. The zero-order chi connectivity index (χ0) is 21.9. The Morgan fingerprint density at radius 1 is 1.00 bits per heavy atom. The molecule has 0 radical (unpaired) electrons. The molecule has 3 aromatic heterocycles. The molecule has 1 aromatic carbocycles. The molecule has 164 valence electrons. The van der Waals surface area contributed by atoms with Crippen LogP contribution in [0.1, 0.15) is 37.5 Å². The van der Waals surface area contributed by atoms with Crippen LogP contribution in [0, 0.1) is 0 Å². The SMILES string of the molecule is CC(C)n1c(CN2CCO[C@@H](c3cccc(Nc4ccccn4)n3)C2)nc2ccccc21. The van der Waals surface area contributed by atoms with Crippen molar-refractivity contribution in [2.24, 2.45) is 0 Å². The summed E-state index contributed by atoms with van der Waals surface area (Å²) in [7, 11) is 0. The smallest absolute Gasteiger partial charge is 0.131 e. The van der Waals surface area contributed by atoms with Gasteiger partial charge in [-0.2, -0.15) is 0 Å². The van der Waals surface area contributed by atoms with Crippen LogP contribution in [0.2, 0.25) is 0 Å². The summed E-state index contributed by atoms with van der Waals surface area (Å²) >= 11 is 0. The number of hydrogen-bond acceptors (Lipinski definition) is 6. The van der Waals surface area contributed by atoms with Gasteiger partial charge in [-0.15, -0.1) is 0 Å². The van der Waals surface area contributed by atoms with Gasteiger partial charge in [-0.1, -0.05) is 24.3 Å². The lowest BCUT2D eigenvalue weighted by Crippen LogP contribution is -2.38. The van der Waals surface area contributed by atoms with Crippen LogP contribution in [0.5, 0.6) is 0 Å². The minimum absolute atomic E-state index is 0.0777. The van der Waals surface area contributed by atoms with Crippen molar-refractivity contribution in [3.05, 3.63) is 78.4 Å². The maximum atomic E-state index is 6.10. The number of pyridine rings is 2. The van der Waals surface area contributed by atoms with Crippen molar-refractivity contribution in [3.63, 3.8) is 0 Å². The molecule has 1 aliphatic rings. The molecule has 7 heteroatoms. The third-order valence-corrected chi connectivity index (χ3v) is 5.72. The van der Waals surface area contributed by atoms with Crippen LogP contribution in [-0.2, 0) is 11.3 Å². The molecule has 1 atom stereocenters. The molecule has 4 heterocycles. The average molecular weight is 429 g/mol. The molecule has 1 fully saturated rings. The molecule has 1 saturated heterocycles. The van der Waals surface area contributed by atoms with E-state index in [4.69, 9.17) is 14.7 Å². The predicted octanol–water partition coefficient (Wildman–Crippen LogP) is 4.72. The van der Waals surface area contributed by atoms with E-state index < -0.39 is 0 Å². The minimum atomic E-state index is -0.0777. The lowest BCUT2D eigenvalue weighted by molar-refractivity contribution is -0.0359. The van der Waals surface area contributed by atoms with Crippen LogP contribution in [0.15, 0.2) is 66.9 Å². The second-order valence-electron chi connectivity index (χ2n) is 8.36. The van der Waals surface area contributed by atoms with Gasteiger partial charge in [-0.25, -0.2) is 15.0 Å². The van der Waals surface area contributed by atoms with Crippen molar-refractivity contribution in [1.29, 1.82) is 0 Å². The van der Waals surface area contributed by atoms with Gasteiger partial charge in [0.05, 0.1) is 29.9 Å². The number of imidazole rings is 1. The normalized spacial score (nSPS) is 17.2. The molecule has 0 spiro atoms. The maximum Gasteiger partial charge on any atom is 0.131 e. The second-order valence-corrected chi connectivity index (χ2v) is 8.36. The molecule has 0 aliphatic carbocycles. The summed E-state index contributed by atoms with van der Waals surface area (Å²) in [5, 5.41) is 3.26. The van der Waals surface area contributed by atoms with E-state index in [1.165, 1.54) is 5.52 Å². The van der Waals surface area contributed by atoms with Gasteiger partial charge in [-0.3, -0.25) is 4.90 Å². The standard InChI is InChI=1S/C25H28N6O/c1-18(2)31-21-10-4-3-8-19(21)28-25(31)17-30-14-15-32-22(16-30)20-9-7-12-24(27-20)29-23-11-5-6-13-26-23/h3-13,18,22H,14-17H2,1-2H3,(H,26,27,29)/t22-/m1/s1. The van der Waals surface area contributed by atoms with E-state index in [9.17, 15) is 0 Å². The first-order valence-electron chi connectivity index (χ1n) is 11.1. The average Bonchev–Trinajstić information content (AvgIpc) is 3.18. The number of aromatic nitrogens is 4. The fourth-order valence-electron chi connectivity index (χ4n) is 4.28. The van der Waals surface area contributed by atoms with Crippen LogP contribution in [0.4, 0.5) is 11.6 Å². The Balaban J connectivity index is 1.33. The number of fused-ring (bicyclic) bond motifs is 1. The molecule has 0 unspecified atom stereocenters. The Bertz CT molecular complexity index is 1190. The molecular formula is C25H28N6O. The van der Waals surface area contributed by atoms with E-state index in [-0.39, 0.29) is 6.10 Å². The van der Waals surface area contributed by atoms with Crippen LogP contribution in [0.3, 0.4) is 0 Å². The minimum Gasteiger partial charge on any atom is -0.369 e. The van der Waals surface area contributed by atoms with E-state index in [0.717, 1.165) is 48.3 Å². The lowest BCUT2D eigenvalue weighted by atomic mass is 10.2. The quantitative estimate of drug-likeness (QED) is 0.479. The number of nitrogens with zero attached hydrogens (tertiary/aromatic N) is 5. The zero-order valence-electron chi connectivity index (χ0n) is 18.5. The highest BCUT2D eigenvalue weighted by atomic mass is 16.5.